The van der Waals surface area contributed by atoms with Crippen molar-refractivity contribution < 1.29 is 0 Å². The van der Waals surface area contributed by atoms with Crippen LogP contribution in [0.4, 0.5) is 0 Å². The molecule has 3 heteroatoms. The summed E-state index contributed by atoms with van der Waals surface area (Å²) in [7, 11) is 0. The van der Waals surface area contributed by atoms with Crippen molar-refractivity contribution in [1.82, 2.24) is 0 Å². The van der Waals surface area contributed by atoms with Crippen LogP contribution >= 0.6 is 0 Å². The molecule has 0 N–H and O–H groups in total. The van der Waals surface area contributed by atoms with E-state index >= 15 is 0 Å². The summed E-state index contributed by atoms with van der Waals surface area (Å²) in [6.45, 7) is 17.1. The summed E-state index contributed by atoms with van der Waals surface area (Å²) in [5.41, 5.74) is 0. The first kappa shape index (κ1) is 48.2. The molecule has 0 spiro atoms. The minimum atomic E-state index is 0. The van der Waals surface area contributed by atoms with Gasteiger partial charge in [-0.3, -0.25) is 0 Å². The van der Waals surface area contributed by atoms with Gasteiger partial charge in [0.1, 0.15) is 0 Å². The molecular weight excluding hydrogens is 591 g/mol. The fourth-order valence-electron chi connectivity index (χ4n) is 3.53. The molecule has 0 heterocycles. The minimum absolute atomic E-state index is 0. The van der Waals surface area contributed by atoms with Gasteiger partial charge in [0, 0.05) is 0 Å². The molecule has 0 saturated carbocycles. The maximum Gasteiger partial charge on any atom is 2.00 e. The van der Waals surface area contributed by atoms with Crippen LogP contribution in [0.25, 0.3) is 0 Å². The van der Waals surface area contributed by atoms with E-state index in [1.165, 1.54) is 153 Å². The Bertz CT molecular complexity index is 249. The normalized spacial score (nSPS) is 10.1. The molecule has 4 radical (unpaired) electrons. The third kappa shape index (κ3) is 85.6. The molecular formula is C34H72S2Sn. The Balaban J connectivity index is -0.000000140. The Morgan fingerprint density at radius 2 is 0.459 bits per heavy atom. The molecule has 0 aliphatic rings. The van der Waals surface area contributed by atoms with Crippen molar-refractivity contribution >= 4 is 49.2 Å². The zero-order valence-corrected chi connectivity index (χ0v) is 31.8. The van der Waals surface area contributed by atoms with Gasteiger partial charge in [-0.05, 0) is 11.8 Å². The predicted molar refractivity (Wildman–Crippen MR) is 184 cm³/mol. The molecule has 0 rings (SSSR count). The van der Waals surface area contributed by atoms with Crippen LogP contribution in [0.2, 0.25) is 0 Å². The van der Waals surface area contributed by atoms with Gasteiger partial charge >= 0.3 is 23.9 Å². The zero-order valence-electron chi connectivity index (χ0n) is 27.3. The molecule has 0 amide bonds. The summed E-state index contributed by atoms with van der Waals surface area (Å²) < 4.78 is 0. The zero-order chi connectivity index (χ0) is 28.1. The van der Waals surface area contributed by atoms with Gasteiger partial charge in [-0.2, -0.15) is 11.5 Å². The Hall–Kier alpha value is 1.50. The van der Waals surface area contributed by atoms with Gasteiger partial charge in [0.05, 0.1) is 0 Å². The minimum Gasteiger partial charge on any atom is -0.793 e. The smallest absolute Gasteiger partial charge is 0.793 e. The third-order valence-electron chi connectivity index (χ3n) is 5.50. The fraction of sp³-hybridized carbons (Fsp3) is 0.941. The summed E-state index contributed by atoms with van der Waals surface area (Å²) in [5.74, 6) is 4.74. The number of unbranched alkanes of at least 4 members (excludes halogenated alkanes) is 20. The van der Waals surface area contributed by atoms with E-state index in [1.54, 1.807) is 0 Å². The molecule has 0 aromatic carbocycles. The largest absolute Gasteiger partial charge is 2.00 e. The van der Waals surface area contributed by atoms with Gasteiger partial charge < -0.3 is 25.3 Å². The van der Waals surface area contributed by atoms with E-state index in [1.807, 2.05) is 0 Å². The molecule has 0 unspecified atom stereocenters. The van der Waals surface area contributed by atoms with Crippen molar-refractivity contribution in [2.45, 2.75) is 197 Å². The first-order chi connectivity index (χ1) is 17.3. The second-order valence-corrected chi connectivity index (χ2v) is 12.3. The maximum absolute atomic E-state index is 4.91. The van der Waals surface area contributed by atoms with Crippen LogP contribution in [-0.2, 0) is 25.3 Å². The summed E-state index contributed by atoms with van der Waals surface area (Å²) in [5, 5.41) is 0. The number of rotatable bonds is 22. The van der Waals surface area contributed by atoms with Crippen LogP contribution in [0, 0.1) is 11.8 Å². The van der Waals surface area contributed by atoms with Gasteiger partial charge in [-0.1, -0.05) is 197 Å². The molecule has 0 nitrogen and oxygen atoms in total. The van der Waals surface area contributed by atoms with Crippen molar-refractivity contribution in [3.05, 3.63) is 11.8 Å². The van der Waals surface area contributed by atoms with Crippen LogP contribution in [0.1, 0.15) is 197 Å². The molecule has 37 heavy (non-hydrogen) atoms. The SMILES string of the molecule is CCCCCCCCCCCCC[S-].CCCCCCCCCCCCC[S-].C[C](C)C.C[C](C)C.[Sn+2]. The van der Waals surface area contributed by atoms with Crippen LogP contribution in [0.15, 0.2) is 0 Å². The average molecular weight is 664 g/mol. The summed E-state index contributed by atoms with van der Waals surface area (Å²) >= 11 is 9.82. The molecule has 0 atom stereocenters. The molecule has 0 aromatic rings. The van der Waals surface area contributed by atoms with Gasteiger partial charge in [0.2, 0.25) is 0 Å². The molecule has 0 saturated heterocycles. The Labute approximate surface area is 267 Å². The van der Waals surface area contributed by atoms with Crippen molar-refractivity contribution in [2.75, 3.05) is 11.5 Å². The molecule has 0 aromatic heterocycles. The molecule has 0 fully saturated rings. The topological polar surface area (TPSA) is 0 Å². The number of hydrogen-bond donors (Lipinski definition) is 0. The monoisotopic (exact) mass is 664 g/mol. The summed E-state index contributed by atoms with van der Waals surface area (Å²) in [4.78, 5) is 0. The van der Waals surface area contributed by atoms with Gasteiger partial charge in [-0.25, -0.2) is 0 Å². The van der Waals surface area contributed by atoms with Crippen molar-refractivity contribution in [3.8, 4) is 0 Å². The second-order valence-electron chi connectivity index (χ2n) is 11.5. The van der Waals surface area contributed by atoms with Gasteiger partial charge in [0.15, 0.2) is 0 Å². The van der Waals surface area contributed by atoms with E-state index in [2.05, 4.69) is 55.4 Å². The maximum atomic E-state index is 4.91. The van der Waals surface area contributed by atoms with Crippen LogP contribution in [0.5, 0.6) is 0 Å². The van der Waals surface area contributed by atoms with Crippen LogP contribution in [-0.4, -0.2) is 35.4 Å². The fourth-order valence-corrected chi connectivity index (χ4v) is 3.94. The molecule has 0 bridgehead atoms. The van der Waals surface area contributed by atoms with E-state index in [0.29, 0.717) is 0 Å². The van der Waals surface area contributed by atoms with Crippen molar-refractivity contribution in [1.29, 1.82) is 0 Å². The average Bonchev–Trinajstić information content (AvgIpc) is 2.81. The first-order valence-electron chi connectivity index (χ1n) is 16.0. The van der Waals surface area contributed by atoms with Crippen molar-refractivity contribution in [2.24, 2.45) is 0 Å². The van der Waals surface area contributed by atoms with Crippen LogP contribution < -0.4 is 0 Å². The Morgan fingerprint density at radius 1 is 0.324 bits per heavy atom. The molecule has 0 aliphatic heterocycles. The quantitative estimate of drug-likeness (QED) is 0.0642. The Kier molecular flexibility index (Phi) is 65.6. The van der Waals surface area contributed by atoms with E-state index in [0.717, 1.165) is 11.5 Å². The van der Waals surface area contributed by atoms with Crippen molar-refractivity contribution in [3.63, 3.8) is 0 Å². The van der Waals surface area contributed by atoms with Gasteiger partial charge in [0.25, 0.3) is 0 Å². The molecule has 0 aliphatic carbocycles. The Morgan fingerprint density at radius 3 is 0.595 bits per heavy atom. The van der Waals surface area contributed by atoms with E-state index in [-0.39, 0.29) is 23.9 Å². The van der Waals surface area contributed by atoms with E-state index in [4.69, 9.17) is 25.3 Å². The standard InChI is InChI=1S/2C13H28S.2C4H9.Sn/c2*1-2-3-4-5-6-7-8-9-10-11-12-13-14;2*1-4(2)3;/h2*14H,2-13H2,1H3;2*1-3H3;/q;;;;+2/p-2. The third-order valence-corrected chi connectivity index (χ3v) is 6.07. The summed E-state index contributed by atoms with van der Waals surface area (Å²) in [6, 6.07) is 0. The van der Waals surface area contributed by atoms with E-state index in [9.17, 15) is 0 Å². The van der Waals surface area contributed by atoms with Crippen LogP contribution in [0.3, 0.4) is 0 Å². The van der Waals surface area contributed by atoms with Gasteiger partial charge in [-0.15, -0.1) is 0 Å². The second kappa shape index (κ2) is 50.3. The summed E-state index contributed by atoms with van der Waals surface area (Å²) in [6.07, 6.45) is 31.0. The molecule has 224 valence electrons. The van der Waals surface area contributed by atoms with E-state index < -0.39 is 0 Å². The first-order valence-corrected chi connectivity index (χ1v) is 17.1. The number of hydrogen-bond acceptors (Lipinski definition) is 2. The predicted octanol–water partition coefficient (Wildman–Crippen LogP) is 12.5.